The maximum atomic E-state index is 13.6. The molecule has 0 saturated carbocycles. The van der Waals surface area contributed by atoms with Crippen LogP contribution in [0, 0.1) is 5.82 Å². The van der Waals surface area contributed by atoms with Crippen molar-refractivity contribution in [3.05, 3.63) is 29.1 Å². The minimum Gasteiger partial charge on any atom is -0.508 e. The van der Waals surface area contributed by atoms with Crippen molar-refractivity contribution in [2.75, 3.05) is 0 Å². The molecule has 1 aromatic carbocycles. The number of aromatic hydroxyl groups is 1. The number of carbonyl (C=O) groups excluding carboxylic acids is 1. The summed E-state index contributed by atoms with van der Waals surface area (Å²) < 4.78 is 18.8. The average Bonchev–Trinajstić information content (AvgIpc) is 2.67. The van der Waals surface area contributed by atoms with E-state index >= 15 is 0 Å². The van der Waals surface area contributed by atoms with E-state index in [0.717, 1.165) is 0 Å². The molecule has 0 radical (unpaired) electrons. The van der Waals surface area contributed by atoms with Gasteiger partial charge in [0.1, 0.15) is 17.2 Å². The van der Waals surface area contributed by atoms with Gasteiger partial charge in [0.2, 0.25) is 0 Å². The number of ether oxygens (including phenoxy) is 1. The Morgan fingerprint density at radius 2 is 1.94 bits per heavy atom. The van der Waals surface area contributed by atoms with Crippen molar-refractivity contribution in [1.82, 2.24) is 4.90 Å². The molecule has 0 atom stereocenters. The van der Waals surface area contributed by atoms with Crippen LogP contribution < -0.4 is 0 Å². The fourth-order valence-corrected chi connectivity index (χ4v) is 1.89. The monoisotopic (exact) mass is 253 g/mol. The maximum absolute atomic E-state index is 13.6. The standard InChI is InChI=1S/C13H16FNO3/c1-13(2,3)18-12(17)15-6-8-9(7-15)11(16)5-4-10(8)14/h4-5,16H,6-7H2,1-3H3. The Labute approximate surface area is 105 Å². The van der Waals surface area contributed by atoms with Crippen molar-refractivity contribution >= 4 is 6.09 Å². The molecular formula is C13H16FNO3. The summed E-state index contributed by atoms with van der Waals surface area (Å²) in [7, 11) is 0. The minimum absolute atomic E-state index is 0.0115. The fraction of sp³-hybridized carbons (Fsp3) is 0.462. The van der Waals surface area contributed by atoms with Gasteiger partial charge in [0.15, 0.2) is 0 Å². The summed E-state index contributed by atoms with van der Waals surface area (Å²) in [4.78, 5) is 13.2. The molecule has 0 spiro atoms. The Morgan fingerprint density at radius 3 is 2.50 bits per heavy atom. The van der Waals surface area contributed by atoms with Crippen molar-refractivity contribution in [1.29, 1.82) is 0 Å². The van der Waals surface area contributed by atoms with E-state index in [1.54, 1.807) is 20.8 Å². The van der Waals surface area contributed by atoms with E-state index in [1.165, 1.54) is 17.0 Å². The molecule has 1 aliphatic heterocycles. The number of amides is 1. The quantitative estimate of drug-likeness (QED) is 0.773. The molecule has 0 bridgehead atoms. The average molecular weight is 253 g/mol. The van der Waals surface area contributed by atoms with Crippen molar-refractivity contribution < 1.29 is 19.0 Å². The molecule has 5 heteroatoms. The predicted molar refractivity (Wildman–Crippen MR) is 63.5 cm³/mol. The summed E-state index contributed by atoms with van der Waals surface area (Å²) in [6, 6.07) is 2.50. The lowest BCUT2D eigenvalue weighted by Gasteiger charge is -2.24. The van der Waals surface area contributed by atoms with Gasteiger partial charge < -0.3 is 9.84 Å². The number of carbonyl (C=O) groups is 1. The molecule has 4 nitrogen and oxygen atoms in total. The van der Waals surface area contributed by atoms with E-state index in [9.17, 15) is 14.3 Å². The first kappa shape index (κ1) is 12.7. The molecule has 2 rings (SSSR count). The zero-order chi connectivity index (χ0) is 13.5. The van der Waals surface area contributed by atoms with E-state index in [0.29, 0.717) is 11.1 Å². The minimum atomic E-state index is -0.591. The van der Waals surface area contributed by atoms with E-state index in [1.807, 2.05) is 0 Å². The number of hydrogen-bond donors (Lipinski definition) is 1. The number of fused-ring (bicyclic) bond motifs is 1. The number of halogens is 1. The van der Waals surface area contributed by atoms with Crippen molar-refractivity contribution in [3.63, 3.8) is 0 Å². The summed E-state index contributed by atoms with van der Waals surface area (Å²) in [5.74, 6) is -0.397. The molecule has 0 saturated heterocycles. The number of nitrogens with zero attached hydrogens (tertiary/aromatic N) is 1. The molecular weight excluding hydrogens is 237 g/mol. The SMILES string of the molecule is CC(C)(C)OC(=O)N1Cc2c(O)ccc(F)c2C1. The van der Waals surface area contributed by atoms with Crippen LogP contribution in [-0.4, -0.2) is 21.7 Å². The highest BCUT2D eigenvalue weighted by Crippen LogP contribution is 2.32. The fourth-order valence-electron chi connectivity index (χ4n) is 1.89. The van der Waals surface area contributed by atoms with E-state index in [-0.39, 0.29) is 18.8 Å². The molecule has 0 aliphatic carbocycles. The highest BCUT2D eigenvalue weighted by atomic mass is 19.1. The zero-order valence-corrected chi connectivity index (χ0v) is 10.7. The van der Waals surface area contributed by atoms with Crippen LogP contribution in [0.1, 0.15) is 31.9 Å². The molecule has 1 aromatic rings. The van der Waals surface area contributed by atoms with Crippen LogP contribution in [0.15, 0.2) is 12.1 Å². The Hall–Kier alpha value is -1.78. The number of phenolic OH excluding ortho intramolecular Hbond substituents is 1. The lowest BCUT2D eigenvalue weighted by atomic mass is 10.1. The van der Waals surface area contributed by atoms with E-state index < -0.39 is 17.5 Å². The predicted octanol–water partition coefficient (Wildman–Crippen LogP) is 2.78. The summed E-state index contributed by atoms with van der Waals surface area (Å²) in [5, 5.41) is 9.64. The Morgan fingerprint density at radius 1 is 1.33 bits per heavy atom. The summed E-state index contributed by atoms with van der Waals surface area (Å²) in [6.07, 6.45) is -0.502. The third-order valence-electron chi connectivity index (χ3n) is 2.70. The maximum Gasteiger partial charge on any atom is 0.410 e. The normalized spacial score (nSPS) is 14.6. The Kier molecular flexibility index (Phi) is 2.92. The highest BCUT2D eigenvalue weighted by molar-refractivity contribution is 5.69. The van der Waals surface area contributed by atoms with Gasteiger partial charge in [-0.15, -0.1) is 0 Å². The van der Waals surface area contributed by atoms with Gasteiger partial charge in [-0.1, -0.05) is 0 Å². The molecule has 1 aliphatic rings. The van der Waals surface area contributed by atoms with Gasteiger partial charge in [0, 0.05) is 11.1 Å². The second kappa shape index (κ2) is 4.15. The molecule has 1 N–H and O–H groups in total. The summed E-state index contributed by atoms with van der Waals surface area (Å²) >= 11 is 0. The summed E-state index contributed by atoms with van der Waals surface area (Å²) in [6.45, 7) is 5.61. The van der Waals surface area contributed by atoms with Crippen LogP contribution in [0.3, 0.4) is 0 Å². The van der Waals surface area contributed by atoms with Crippen LogP contribution in [0.4, 0.5) is 9.18 Å². The first-order chi connectivity index (χ1) is 8.28. The van der Waals surface area contributed by atoms with Gasteiger partial charge >= 0.3 is 6.09 Å². The van der Waals surface area contributed by atoms with Crippen LogP contribution in [0.5, 0.6) is 5.75 Å². The molecule has 18 heavy (non-hydrogen) atoms. The largest absolute Gasteiger partial charge is 0.508 e. The third-order valence-corrected chi connectivity index (χ3v) is 2.70. The van der Waals surface area contributed by atoms with Gasteiger partial charge in [0.25, 0.3) is 0 Å². The summed E-state index contributed by atoms with van der Waals surface area (Å²) in [5.41, 5.74) is 0.230. The first-order valence-corrected chi connectivity index (χ1v) is 5.75. The number of benzene rings is 1. The number of rotatable bonds is 0. The second-order valence-electron chi connectivity index (χ2n) is 5.36. The molecule has 0 fully saturated rings. The lowest BCUT2D eigenvalue weighted by Crippen LogP contribution is -2.33. The van der Waals surface area contributed by atoms with Gasteiger partial charge in [0.05, 0.1) is 13.1 Å². The van der Waals surface area contributed by atoms with Crippen molar-refractivity contribution in [2.45, 2.75) is 39.5 Å². The molecule has 98 valence electrons. The van der Waals surface area contributed by atoms with Crippen molar-refractivity contribution in [2.24, 2.45) is 0 Å². The third kappa shape index (κ3) is 2.39. The van der Waals surface area contributed by atoms with E-state index in [2.05, 4.69) is 0 Å². The second-order valence-corrected chi connectivity index (χ2v) is 5.36. The topological polar surface area (TPSA) is 49.8 Å². The van der Waals surface area contributed by atoms with Crippen LogP contribution in [0.2, 0.25) is 0 Å². The number of hydrogen-bond acceptors (Lipinski definition) is 3. The van der Waals surface area contributed by atoms with Gasteiger partial charge in [-0.05, 0) is 32.9 Å². The van der Waals surface area contributed by atoms with Gasteiger partial charge in [-0.2, -0.15) is 0 Å². The molecule has 1 heterocycles. The van der Waals surface area contributed by atoms with E-state index in [4.69, 9.17) is 4.74 Å². The Balaban J connectivity index is 2.18. The van der Waals surface area contributed by atoms with Crippen LogP contribution >= 0.6 is 0 Å². The van der Waals surface area contributed by atoms with Crippen LogP contribution in [0.25, 0.3) is 0 Å². The Bertz CT molecular complexity index is 463. The zero-order valence-electron chi connectivity index (χ0n) is 10.7. The highest BCUT2D eigenvalue weighted by Gasteiger charge is 2.31. The first-order valence-electron chi connectivity index (χ1n) is 5.75. The van der Waals surface area contributed by atoms with Gasteiger partial charge in [-0.25, -0.2) is 9.18 Å². The molecule has 0 aromatic heterocycles. The molecule has 1 amide bonds. The molecule has 0 unspecified atom stereocenters. The lowest BCUT2D eigenvalue weighted by molar-refractivity contribution is 0.0241. The smallest absolute Gasteiger partial charge is 0.410 e. The van der Waals surface area contributed by atoms with Crippen LogP contribution in [-0.2, 0) is 17.8 Å². The number of phenols is 1. The van der Waals surface area contributed by atoms with Gasteiger partial charge in [-0.3, -0.25) is 4.90 Å². The van der Waals surface area contributed by atoms with Crippen molar-refractivity contribution in [3.8, 4) is 5.75 Å².